The predicted molar refractivity (Wildman–Crippen MR) is 193 cm³/mol. The molecule has 0 spiro atoms. The van der Waals surface area contributed by atoms with Gasteiger partial charge in [-0.15, -0.1) is 0 Å². The number of aryl methyl sites for hydroxylation is 1. The Morgan fingerprint density at radius 1 is 0.943 bits per heavy atom. The van der Waals surface area contributed by atoms with Crippen molar-refractivity contribution >= 4 is 40.4 Å². The summed E-state index contributed by atoms with van der Waals surface area (Å²) in [6.45, 7) is 6.56. The Bertz CT molecular complexity index is 1920. The number of aromatic amines is 1. The number of alkyl halides is 3. The number of halogens is 3. The molecule has 1 aliphatic rings. The van der Waals surface area contributed by atoms with E-state index >= 15 is 0 Å². The van der Waals surface area contributed by atoms with E-state index in [9.17, 15) is 32.3 Å². The summed E-state index contributed by atoms with van der Waals surface area (Å²) < 4.78 is 43.9. The number of hydrogen-bond donors (Lipinski definition) is 5. The number of carbonyl (C=O) groups is 4. The molecular weight excluding hydrogens is 691 g/mol. The first-order chi connectivity index (χ1) is 25.2. The van der Waals surface area contributed by atoms with Crippen LogP contribution in [0.15, 0.2) is 60.8 Å². The number of nitrogens with zero attached hydrogens (tertiary/aromatic N) is 2. The highest BCUT2D eigenvalue weighted by Crippen LogP contribution is 2.29. The second-order valence-electron chi connectivity index (χ2n) is 13.7. The minimum Gasteiger partial charge on any atom is -0.447 e. The van der Waals surface area contributed by atoms with Gasteiger partial charge < -0.3 is 26.0 Å². The first kappa shape index (κ1) is 38.8. The van der Waals surface area contributed by atoms with Crippen LogP contribution in [0.1, 0.15) is 68.2 Å². The molecule has 15 heteroatoms. The molecule has 0 bridgehead atoms. The molecule has 1 fully saturated rings. The highest BCUT2D eigenvalue weighted by molar-refractivity contribution is 5.99. The number of ether oxygens (including phenoxy) is 1. The van der Waals surface area contributed by atoms with Gasteiger partial charge in [-0.1, -0.05) is 30.3 Å². The Balaban J connectivity index is 1.26. The van der Waals surface area contributed by atoms with Crippen LogP contribution in [0.5, 0.6) is 0 Å². The van der Waals surface area contributed by atoms with Gasteiger partial charge in [0, 0.05) is 41.2 Å². The van der Waals surface area contributed by atoms with Crippen LogP contribution in [0.25, 0.3) is 22.0 Å². The summed E-state index contributed by atoms with van der Waals surface area (Å²) in [7, 11) is 0. The van der Waals surface area contributed by atoms with Crippen LogP contribution in [0.3, 0.4) is 0 Å². The van der Waals surface area contributed by atoms with Gasteiger partial charge in [0.15, 0.2) is 0 Å². The predicted octanol–water partition coefficient (Wildman–Crippen LogP) is 6.22. The molecule has 5 rings (SSSR count). The highest BCUT2D eigenvalue weighted by Gasteiger charge is 2.37. The average Bonchev–Trinajstić information content (AvgIpc) is 3.58. The molecule has 2 aromatic carbocycles. The minimum atomic E-state index is -4.58. The first-order valence-corrected chi connectivity index (χ1v) is 17.6. The smallest absolute Gasteiger partial charge is 0.408 e. The summed E-state index contributed by atoms with van der Waals surface area (Å²) in [5.74, 6) is -1.60. The summed E-state index contributed by atoms with van der Waals surface area (Å²) >= 11 is 0. The number of fused-ring (bicyclic) bond motifs is 1. The SMILES string of the molecule is Cc1nc(C(=O)NC(C)C(F)(F)F)ccc1-c1ccc(C[C@H](NC(=O)C2CCC(CNC(=O)OC(C)C)CC2)C(=O)Nc2ccc3cn[nH]c3c2)cc1. The number of benzene rings is 2. The van der Waals surface area contributed by atoms with E-state index in [1.54, 1.807) is 45.2 Å². The normalized spacial score (nSPS) is 17.1. The fourth-order valence-corrected chi connectivity index (χ4v) is 6.26. The van der Waals surface area contributed by atoms with Crippen molar-refractivity contribution < 1.29 is 37.1 Å². The standard InChI is InChI=1S/C38H44F3N7O5/c1-21(2)53-37(52)42-19-25-7-11-27(12-8-25)34(49)47-33(36(51)46-29-14-13-28-20-43-48-32(28)18-29)17-24-5-9-26(10-6-24)30-15-16-31(44-22(30)3)35(50)45-23(4)38(39,40)41/h5-6,9-10,13-16,18,20-21,23,25,27,33H,7-8,11-12,17,19H2,1-4H3,(H,42,52)(H,43,48)(H,45,50)(H,46,51)(H,47,49)/t23?,25?,27?,33-/m0/s1. The van der Waals surface area contributed by atoms with E-state index in [0.717, 1.165) is 41.8 Å². The zero-order valence-corrected chi connectivity index (χ0v) is 30.0. The van der Waals surface area contributed by atoms with Gasteiger partial charge in [-0.25, -0.2) is 9.78 Å². The molecule has 5 N–H and O–H groups in total. The molecule has 282 valence electrons. The monoisotopic (exact) mass is 735 g/mol. The Labute approximate surface area is 305 Å². The van der Waals surface area contributed by atoms with Gasteiger partial charge in [-0.05, 0) is 94.7 Å². The second-order valence-corrected chi connectivity index (χ2v) is 13.7. The molecule has 0 radical (unpaired) electrons. The van der Waals surface area contributed by atoms with Crippen molar-refractivity contribution in [1.29, 1.82) is 0 Å². The van der Waals surface area contributed by atoms with Crippen molar-refractivity contribution in [2.24, 2.45) is 11.8 Å². The number of hydrogen-bond acceptors (Lipinski definition) is 7. The molecule has 2 heterocycles. The molecule has 53 heavy (non-hydrogen) atoms. The van der Waals surface area contributed by atoms with Crippen molar-refractivity contribution in [3.8, 4) is 11.1 Å². The molecule has 2 atom stereocenters. The van der Waals surface area contributed by atoms with Gasteiger partial charge in [0.1, 0.15) is 17.8 Å². The average molecular weight is 736 g/mol. The van der Waals surface area contributed by atoms with Gasteiger partial charge in [0.25, 0.3) is 5.91 Å². The summed E-state index contributed by atoms with van der Waals surface area (Å²) in [6.07, 6.45) is -0.655. The van der Waals surface area contributed by atoms with Crippen molar-refractivity contribution in [3.05, 3.63) is 77.7 Å². The van der Waals surface area contributed by atoms with E-state index < -0.39 is 36.2 Å². The maximum Gasteiger partial charge on any atom is 0.408 e. The molecule has 4 amide bonds. The zero-order valence-electron chi connectivity index (χ0n) is 30.0. The summed E-state index contributed by atoms with van der Waals surface area (Å²) in [6, 6.07) is 12.7. The van der Waals surface area contributed by atoms with Crippen molar-refractivity contribution in [1.82, 2.24) is 31.1 Å². The number of alkyl carbamates (subject to hydrolysis) is 1. The third-order valence-electron chi connectivity index (χ3n) is 9.30. The summed E-state index contributed by atoms with van der Waals surface area (Å²) in [5.41, 5.74) is 3.79. The molecule has 12 nitrogen and oxygen atoms in total. The van der Waals surface area contributed by atoms with Crippen molar-refractivity contribution in [2.75, 3.05) is 11.9 Å². The van der Waals surface area contributed by atoms with E-state index in [0.29, 0.717) is 36.3 Å². The van der Waals surface area contributed by atoms with Gasteiger partial charge in [0.05, 0.1) is 17.8 Å². The van der Waals surface area contributed by atoms with E-state index in [-0.39, 0.29) is 36.0 Å². The van der Waals surface area contributed by atoms with Crippen LogP contribution >= 0.6 is 0 Å². The quantitative estimate of drug-likeness (QED) is 0.115. The van der Waals surface area contributed by atoms with Gasteiger partial charge in [-0.3, -0.25) is 19.5 Å². The van der Waals surface area contributed by atoms with Crippen molar-refractivity contribution in [3.63, 3.8) is 0 Å². The number of nitrogens with one attached hydrogen (secondary N) is 5. The Kier molecular flexibility index (Phi) is 12.4. The third kappa shape index (κ3) is 10.5. The van der Waals surface area contributed by atoms with Crippen molar-refractivity contribution in [2.45, 2.75) is 84.2 Å². The number of anilines is 1. The van der Waals surface area contributed by atoms with Crippen LogP contribution in [0.2, 0.25) is 0 Å². The number of carbonyl (C=O) groups excluding carboxylic acids is 4. The van der Waals surface area contributed by atoms with Gasteiger partial charge in [0.2, 0.25) is 11.8 Å². The van der Waals surface area contributed by atoms with Crippen LogP contribution < -0.4 is 21.3 Å². The Morgan fingerprint density at radius 2 is 1.66 bits per heavy atom. The van der Waals surface area contributed by atoms with E-state index in [2.05, 4.69) is 31.1 Å². The molecule has 2 aromatic heterocycles. The van der Waals surface area contributed by atoms with E-state index in [4.69, 9.17) is 4.74 Å². The molecule has 1 unspecified atom stereocenters. The van der Waals surface area contributed by atoms with Gasteiger partial charge in [-0.2, -0.15) is 18.3 Å². The lowest BCUT2D eigenvalue weighted by Gasteiger charge is -2.29. The number of rotatable bonds is 12. The number of pyridine rings is 1. The first-order valence-electron chi connectivity index (χ1n) is 17.6. The second kappa shape index (κ2) is 16.9. The van der Waals surface area contributed by atoms with Crippen LogP contribution in [0.4, 0.5) is 23.7 Å². The molecular formula is C38H44F3N7O5. The van der Waals surface area contributed by atoms with Crippen LogP contribution in [0, 0.1) is 18.8 Å². The largest absolute Gasteiger partial charge is 0.447 e. The highest BCUT2D eigenvalue weighted by atomic mass is 19.4. The lowest BCUT2D eigenvalue weighted by Crippen LogP contribution is -2.48. The molecule has 4 aromatic rings. The van der Waals surface area contributed by atoms with E-state index in [1.807, 2.05) is 35.6 Å². The minimum absolute atomic E-state index is 0.133. The fourth-order valence-electron chi connectivity index (χ4n) is 6.26. The van der Waals surface area contributed by atoms with E-state index in [1.165, 1.54) is 6.07 Å². The fraction of sp³-hybridized carbons (Fsp3) is 0.421. The molecule has 1 saturated carbocycles. The number of aromatic nitrogens is 3. The number of H-pyrrole nitrogens is 1. The topological polar surface area (TPSA) is 167 Å². The lowest BCUT2D eigenvalue weighted by molar-refractivity contribution is -0.149. The lowest BCUT2D eigenvalue weighted by atomic mass is 9.81. The maximum absolute atomic E-state index is 13.7. The Hall–Kier alpha value is -5.47. The zero-order chi connectivity index (χ0) is 38.3. The summed E-state index contributed by atoms with van der Waals surface area (Å²) in [4.78, 5) is 55.8. The molecule has 0 saturated heterocycles. The Morgan fingerprint density at radius 3 is 2.32 bits per heavy atom. The van der Waals surface area contributed by atoms with Crippen LogP contribution in [-0.4, -0.2) is 69.9 Å². The van der Waals surface area contributed by atoms with Crippen LogP contribution in [-0.2, 0) is 20.7 Å². The van der Waals surface area contributed by atoms with Gasteiger partial charge >= 0.3 is 12.3 Å². The third-order valence-corrected chi connectivity index (χ3v) is 9.30. The molecule has 0 aliphatic heterocycles. The number of amides is 4. The molecule has 1 aliphatic carbocycles. The summed E-state index contributed by atoms with van der Waals surface area (Å²) in [5, 5.41) is 18.4. The maximum atomic E-state index is 13.7.